The molecular formula is C15H8Cl2FNO2. The minimum atomic E-state index is -0.702. The van der Waals surface area contributed by atoms with Crippen LogP contribution >= 0.6 is 23.2 Å². The third-order valence-corrected chi connectivity index (χ3v) is 3.77. The number of benzene rings is 2. The van der Waals surface area contributed by atoms with Gasteiger partial charge >= 0.3 is 0 Å². The van der Waals surface area contributed by atoms with Crippen molar-refractivity contribution in [2.24, 2.45) is 0 Å². The molecule has 0 aliphatic carbocycles. The molecule has 0 aromatic heterocycles. The Kier molecular flexibility index (Phi) is 3.43. The van der Waals surface area contributed by atoms with Gasteiger partial charge in [-0.25, -0.2) is 4.39 Å². The fourth-order valence-electron chi connectivity index (χ4n) is 2.26. The second-order valence-corrected chi connectivity index (χ2v) is 5.48. The van der Waals surface area contributed by atoms with E-state index in [1.54, 1.807) is 24.3 Å². The number of nitrogens with zero attached hydrogens (tertiary/aromatic N) is 1. The maximum absolute atomic E-state index is 13.6. The van der Waals surface area contributed by atoms with E-state index in [0.29, 0.717) is 5.02 Å². The van der Waals surface area contributed by atoms with E-state index in [4.69, 9.17) is 23.2 Å². The van der Waals surface area contributed by atoms with Crippen molar-refractivity contribution in [3.63, 3.8) is 0 Å². The standard InChI is InChI=1S/C15H8Cl2FNO2/c16-9-3-1-2-8(4-9)7-19-13-6-12(18)11(17)5-10(13)14(20)15(19)21/h1-6H,7H2. The van der Waals surface area contributed by atoms with Crippen molar-refractivity contribution >= 4 is 40.6 Å². The fraction of sp³-hybridized carbons (Fsp3) is 0.0667. The van der Waals surface area contributed by atoms with Gasteiger partial charge in [0.1, 0.15) is 5.82 Å². The number of hydrogen-bond donors (Lipinski definition) is 0. The van der Waals surface area contributed by atoms with E-state index in [0.717, 1.165) is 11.6 Å². The summed E-state index contributed by atoms with van der Waals surface area (Å²) in [6, 6.07) is 9.19. The Labute approximate surface area is 129 Å². The number of hydrogen-bond acceptors (Lipinski definition) is 2. The summed E-state index contributed by atoms with van der Waals surface area (Å²) in [7, 11) is 0. The highest BCUT2D eigenvalue weighted by atomic mass is 35.5. The smallest absolute Gasteiger partial charge is 0.299 e. The van der Waals surface area contributed by atoms with Crippen LogP contribution in [0.4, 0.5) is 10.1 Å². The van der Waals surface area contributed by atoms with Gasteiger partial charge in [0.25, 0.3) is 11.7 Å². The van der Waals surface area contributed by atoms with Crippen LogP contribution in [0, 0.1) is 5.82 Å². The predicted octanol–water partition coefficient (Wildman–Crippen LogP) is 3.86. The van der Waals surface area contributed by atoms with Gasteiger partial charge in [0.15, 0.2) is 0 Å². The van der Waals surface area contributed by atoms with Crippen LogP contribution in [-0.4, -0.2) is 11.7 Å². The van der Waals surface area contributed by atoms with Crippen LogP contribution in [0.5, 0.6) is 0 Å². The number of anilines is 1. The Morgan fingerprint density at radius 3 is 2.57 bits per heavy atom. The molecule has 2 aromatic rings. The molecule has 0 bridgehead atoms. The third-order valence-electron chi connectivity index (χ3n) is 3.24. The molecule has 1 heterocycles. The summed E-state index contributed by atoms with van der Waals surface area (Å²) >= 11 is 11.6. The van der Waals surface area contributed by atoms with Crippen molar-refractivity contribution in [3.05, 3.63) is 63.4 Å². The Balaban J connectivity index is 2.03. The first-order valence-corrected chi connectivity index (χ1v) is 6.82. The number of Topliss-reactive ketones (excluding diaryl/α,β-unsaturated/α-hetero) is 1. The molecule has 3 nitrogen and oxygen atoms in total. The van der Waals surface area contributed by atoms with E-state index in [1.165, 1.54) is 11.0 Å². The molecule has 0 saturated heterocycles. The second-order valence-electron chi connectivity index (χ2n) is 4.63. The number of halogens is 3. The van der Waals surface area contributed by atoms with Crippen LogP contribution in [0.2, 0.25) is 10.0 Å². The number of ketones is 1. The molecule has 0 spiro atoms. The normalized spacial score (nSPS) is 13.8. The van der Waals surface area contributed by atoms with Crippen LogP contribution in [0.1, 0.15) is 15.9 Å². The zero-order chi connectivity index (χ0) is 15.1. The van der Waals surface area contributed by atoms with Gasteiger partial charge in [0.05, 0.1) is 22.8 Å². The summed E-state index contributed by atoms with van der Waals surface area (Å²) in [5.41, 5.74) is 1.09. The number of carbonyl (C=O) groups excluding carboxylic acids is 2. The highest BCUT2D eigenvalue weighted by molar-refractivity contribution is 6.52. The molecule has 0 unspecified atom stereocenters. The van der Waals surface area contributed by atoms with E-state index in [9.17, 15) is 14.0 Å². The molecule has 1 amide bonds. The molecule has 106 valence electrons. The lowest BCUT2D eigenvalue weighted by Gasteiger charge is -2.17. The average Bonchev–Trinajstić information content (AvgIpc) is 2.65. The van der Waals surface area contributed by atoms with Gasteiger partial charge in [-0.3, -0.25) is 9.59 Å². The molecule has 21 heavy (non-hydrogen) atoms. The average molecular weight is 324 g/mol. The molecule has 6 heteroatoms. The lowest BCUT2D eigenvalue weighted by molar-refractivity contribution is -0.114. The number of carbonyl (C=O) groups is 2. The van der Waals surface area contributed by atoms with Gasteiger partial charge in [0, 0.05) is 5.02 Å². The Morgan fingerprint density at radius 1 is 1.10 bits per heavy atom. The highest BCUT2D eigenvalue weighted by Gasteiger charge is 2.36. The predicted molar refractivity (Wildman–Crippen MR) is 78.4 cm³/mol. The van der Waals surface area contributed by atoms with E-state index < -0.39 is 17.5 Å². The molecule has 2 aromatic carbocycles. The summed E-state index contributed by atoms with van der Waals surface area (Å²) in [5.74, 6) is -2.06. The number of fused-ring (bicyclic) bond motifs is 1. The van der Waals surface area contributed by atoms with Crippen molar-refractivity contribution in [1.29, 1.82) is 0 Å². The molecule has 0 N–H and O–H groups in total. The van der Waals surface area contributed by atoms with Crippen LogP contribution in [-0.2, 0) is 11.3 Å². The number of rotatable bonds is 2. The minimum absolute atomic E-state index is 0.119. The van der Waals surface area contributed by atoms with Gasteiger partial charge in [-0.2, -0.15) is 0 Å². The van der Waals surface area contributed by atoms with E-state index in [-0.39, 0.29) is 22.8 Å². The van der Waals surface area contributed by atoms with Gasteiger partial charge in [-0.05, 0) is 29.8 Å². The van der Waals surface area contributed by atoms with Gasteiger partial charge in [0.2, 0.25) is 0 Å². The first-order valence-electron chi connectivity index (χ1n) is 6.07. The van der Waals surface area contributed by atoms with Crippen LogP contribution in [0.3, 0.4) is 0 Å². The van der Waals surface area contributed by atoms with Crippen molar-refractivity contribution in [2.45, 2.75) is 6.54 Å². The van der Waals surface area contributed by atoms with Crippen molar-refractivity contribution in [1.82, 2.24) is 0 Å². The zero-order valence-corrected chi connectivity index (χ0v) is 12.1. The summed E-state index contributed by atoms with van der Waals surface area (Å²) in [6.07, 6.45) is 0. The number of amides is 1. The molecule has 0 fully saturated rings. The van der Waals surface area contributed by atoms with Gasteiger partial charge in [-0.1, -0.05) is 35.3 Å². The molecular weight excluding hydrogens is 316 g/mol. The molecule has 0 saturated carbocycles. The van der Waals surface area contributed by atoms with Crippen molar-refractivity contribution < 1.29 is 14.0 Å². The summed E-state index contributed by atoms with van der Waals surface area (Å²) in [6.45, 7) is 0.138. The van der Waals surface area contributed by atoms with E-state index >= 15 is 0 Å². The van der Waals surface area contributed by atoms with E-state index in [2.05, 4.69) is 0 Å². The minimum Gasteiger partial charge on any atom is -0.300 e. The first kappa shape index (κ1) is 14.0. The lowest BCUT2D eigenvalue weighted by atomic mass is 10.1. The van der Waals surface area contributed by atoms with Crippen molar-refractivity contribution in [3.8, 4) is 0 Å². The van der Waals surface area contributed by atoms with Crippen LogP contribution < -0.4 is 4.90 Å². The second kappa shape index (κ2) is 5.13. The van der Waals surface area contributed by atoms with Crippen LogP contribution in [0.25, 0.3) is 0 Å². The first-order chi connectivity index (χ1) is 9.97. The highest BCUT2D eigenvalue weighted by Crippen LogP contribution is 2.34. The Bertz CT molecular complexity index is 776. The molecule has 0 atom stereocenters. The Hall–Kier alpha value is -1.91. The van der Waals surface area contributed by atoms with E-state index in [1.807, 2.05) is 0 Å². The third kappa shape index (κ3) is 2.41. The maximum Gasteiger partial charge on any atom is 0.299 e. The lowest BCUT2D eigenvalue weighted by Crippen LogP contribution is -2.29. The van der Waals surface area contributed by atoms with Gasteiger partial charge < -0.3 is 4.90 Å². The molecule has 1 aliphatic heterocycles. The quantitative estimate of drug-likeness (QED) is 0.787. The van der Waals surface area contributed by atoms with Crippen LogP contribution in [0.15, 0.2) is 36.4 Å². The largest absolute Gasteiger partial charge is 0.300 e. The summed E-state index contributed by atoms with van der Waals surface area (Å²) in [4.78, 5) is 25.2. The maximum atomic E-state index is 13.6. The zero-order valence-electron chi connectivity index (χ0n) is 10.6. The monoisotopic (exact) mass is 323 g/mol. The topological polar surface area (TPSA) is 37.4 Å². The van der Waals surface area contributed by atoms with Gasteiger partial charge in [-0.15, -0.1) is 0 Å². The molecule has 0 radical (unpaired) electrons. The summed E-state index contributed by atoms with van der Waals surface area (Å²) in [5, 5.41) is 0.340. The molecule has 3 rings (SSSR count). The fourth-order valence-corrected chi connectivity index (χ4v) is 2.64. The Morgan fingerprint density at radius 2 is 1.86 bits per heavy atom. The molecule has 1 aliphatic rings. The SMILES string of the molecule is O=C1C(=O)N(Cc2cccc(Cl)c2)c2cc(F)c(Cl)cc21. The summed E-state index contributed by atoms with van der Waals surface area (Å²) < 4.78 is 13.6. The van der Waals surface area contributed by atoms with Crippen molar-refractivity contribution in [2.75, 3.05) is 4.90 Å².